The molecular formula is C13H18ClFN2O3. The van der Waals surface area contributed by atoms with Crippen LogP contribution in [0.25, 0.3) is 0 Å². The molecule has 112 valence electrons. The number of hydrogen-bond donors (Lipinski definition) is 3. The Hall–Kier alpha value is -1.37. The normalized spacial score (nSPS) is 21.1. The first-order valence-corrected chi connectivity index (χ1v) is 6.12. The minimum atomic E-state index is -0.623. The van der Waals surface area contributed by atoms with Crippen LogP contribution in [-0.2, 0) is 0 Å². The van der Waals surface area contributed by atoms with Crippen molar-refractivity contribution in [2.75, 3.05) is 26.7 Å². The van der Waals surface area contributed by atoms with Crippen molar-refractivity contribution in [2.24, 2.45) is 5.92 Å². The molecule has 5 nitrogen and oxygen atoms in total. The topological polar surface area (TPSA) is 70.6 Å². The second-order valence-electron chi connectivity index (χ2n) is 4.54. The van der Waals surface area contributed by atoms with Gasteiger partial charge in [-0.2, -0.15) is 0 Å². The number of carbonyl (C=O) groups excluding carboxylic acids is 1. The first-order valence-electron chi connectivity index (χ1n) is 6.12. The predicted octanol–water partition coefficient (Wildman–Crippen LogP) is 0.566. The molecule has 1 aromatic carbocycles. The molecule has 2 rings (SSSR count). The fourth-order valence-corrected chi connectivity index (χ4v) is 2.05. The number of carbonyl (C=O) groups is 1. The van der Waals surface area contributed by atoms with Crippen molar-refractivity contribution in [1.29, 1.82) is 0 Å². The lowest BCUT2D eigenvalue weighted by Gasteiger charge is -2.14. The van der Waals surface area contributed by atoms with Gasteiger partial charge in [-0.25, -0.2) is 4.39 Å². The average Bonchev–Trinajstić information content (AvgIpc) is 2.81. The second kappa shape index (κ2) is 7.42. The second-order valence-corrected chi connectivity index (χ2v) is 4.54. The third kappa shape index (κ3) is 3.82. The highest BCUT2D eigenvalue weighted by Crippen LogP contribution is 2.16. The summed E-state index contributed by atoms with van der Waals surface area (Å²) < 4.78 is 18.5. The summed E-state index contributed by atoms with van der Waals surface area (Å²) in [6.07, 6.45) is -0.471. The Kier molecular flexibility index (Phi) is 6.19. The van der Waals surface area contributed by atoms with Crippen LogP contribution in [0.15, 0.2) is 18.2 Å². The van der Waals surface area contributed by atoms with Gasteiger partial charge < -0.3 is 20.5 Å². The van der Waals surface area contributed by atoms with E-state index < -0.39 is 17.8 Å². The predicted molar refractivity (Wildman–Crippen MR) is 74.9 cm³/mol. The van der Waals surface area contributed by atoms with E-state index in [9.17, 15) is 14.3 Å². The van der Waals surface area contributed by atoms with Gasteiger partial charge in [0.15, 0.2) is 0 Å². The summed E-state index contributed by atoms with van der Waals surface area (Å²) >= 11 is 0. The Morgan fingerprint density at radius 1 is 1.55 bits per heavy atom. The number of amides is 1. The zero-order valence-corrected chi connectivity index (χ0v) is 11.9. The summed E-state index contributed by atoms with van der Waals surface area (Å²) in [5.41, 5.74) is -0.0266. The minimum Gasteiger partial charge on any atom is -0.497 e. The third-order valence-electron chi connectivity index (χ3n) is 3.25. The number of aliphatic hydroxyl groups is 1. The van der Waals surface area contributed by atoms with Gasteiger partial charge in [0.1, 0.15) is 11.6 Å². The molecule has 0 bridgehead atoms. The van der Waals surface area contributed by atoms with Crippen LogP contribution in [-0.4, -0.2) is 43.9 Å². The third-order valence-corrected chi connectivity index (χ3v) is 3.25. The van der Waals surface area contributed by atoms with Crippen LogP contribution < -0.4 is 15.4 Å². The van der Waals surface area contributed by atoms with Crippen molar-refractivity contribution in [3.63, 3.8) is 0 Å². The van der Waals surface area contributed by atoms with Crippen LogP contribution in [0, 0.1) is 11.7 Å². The average molecular weight is 305 g/mol. The summed E-state index contributed by atoms with van der Waals surface area (Å²) in [6, 6.07) is 4.08. The molecule has 1 heterocycles. The molecule has 3 N–H and O–H groups in total. The number of halogens is 2. The highest BCUT2D eigenvalue weighted by Gasteiger charge is 2.25. The van der Waals surface area contributed by atoms with Gasteiger partial charge in [0.2, 0.25) is 0 Å². The number of aliphatic hydroxyl groups excluding tert-OH is 1. The zero-order valence-electron chi connectivity index (χ0n) is 11.1. The van der Waals surface area contributed by atoms with Crippen molar-refractivity contribution in [3.05, 3.63) is 29.6 Å². The van der Waals surface area contributed by atoms with E-state index in [1.807, 2.05) is 0 Å². The van der Waals surface area contributed by atoms with E-state index in [0.29, 0.717) is 25.4 Å². The number of benzene rings is 1. The Morgan fingerprint density at radius 3 is 2.85 bits per heavy atom. The zero-order chi connectivity index (χ0) is 13.8. The van der Waals surface area contributed by atoms with E-state index in [-0.39, 0.29) is 23.9 Å². The van der Waals surface area contributed by atoms with Gasteiger partial charge in [0.25, 0.3) is 5.91 Å². The highest BCUT2D eigenvalue weighted by molar-refractivity contribution is 5.94. The van der Waals surface area contributed by atoms with Gasteiger partial charge in [0, 0.05) is 31.6 Å². The summed E-state index contributed by atoms with van der Waals surface area (Å²) in [5.74, 6) is -0.782. The van der Waals surface area contributed by atoms with Crippen LogP contribution in [0.4, 0.5) is 4.39 Å². The lowest BCUT2D eigenvalue weighted by Crippen LogP contribution is -2.34. The molecule has 0 radical (unpaired) electrons. The van der Waals surface area contributed by atoms with Gasteiger partial charge in [-0.05, 0) is 12.1 Å². The Labute approximate surface area is 122 Å². The SMILES string of the molecule is COc1ccc(C(=O)NCC2CNCC2O)c(F)c1.Cl. The van der Waals surface area contributed by atoms with Crippen LogP contribution in [0.5, 0.6) is 5.75 Å². The van der Waals surface area contributed by atoms with E-state index in [2.05, 4.69) is 10.6 Å². The van der Waals surface area contributed by atoms with Gasteiger partial charge in [-0.1, -0.05) is 0 Å². The van der Waals surface area contributed by atoms with Gasteiger partial charge in [-0.3, -0.25) is 4.79 Å². The van der Waals surface area contributed by atoms with Gasteiger partial charge >= 0.3 is 0 Å². The monoisotopic (exact) mass is 304 g/mol. The summed E-state index contributed by atoms with van der Waals surface area (Å²) in [7, 11) is 1.43. The first kappa shape index (κ1) is 16.7. The van der Waals surface area contributed by atoms with Crippen molar-refractivity contribution < 1.29 is 19.0 Å². The maximum Gasteiger partial charge on any atom is 0.254 e. The summed E-state index contributed by atoms with van der Waals surface area (Å²) in [5, 5.41) is 15.2. The van der Waals surface area contributed by atoms with E-state index in [1.165, 1.54) is 25.3 Å². The maximum absolute atomic E-state index is 13.7. The van der Waals surface area contributed by atoms with E-state index >= 15 is 0 Å². The largest absolute Gasteiger partial charge is 0.497 e. The Balaban J connectivity index is 0.00000200. The number of β-amino-alcohol motifs (C(OH)–C–C–N with tert-alkyl or cyclic N) is 1. The fourth-order valence-electron chi connectivity index (χ4n) is 2.05. The fraction of sp³-hybridized carbons (Fsp3) is 0.462. The van der Waals surface area contributed by atoms with E-state index in [4.69, 9.17) is 4.74 Å². The molecule has 1 saturated heterocycles. The molecular weight excluding hydrogens is 287 g/mol. The molecule has 1 amide bonds. The van der Waals surface area contributed by atoms with Gasteiger partial charge in [0.05, 0.1) is 18.8 Å². The number of methoxy groups -OCH3 is 1. The van der Waals surface area contributed by atoms with Gasteiger partial charge in [-0.15, -0.1) is 12.4 Å². The van der Waals surface area contributed by atoms with Crippen LogP contribution >= 0.6 is 12.4 Å². The number of ether oxygens (including phenoxy) is 1. The molecule has 1 aliphatic rings. The minimum absolute atomic E-state index is 0. The van der Waals surface area contributed by atoms with Crippen molar-refractivity contribution in [3.8, 4) is 5.75 Å². The molecule has 1 aliphatic heterocycles. The van der Waals surface area contributed by atoms with Crippen molar-refractivity contribution in [2.45, 2.75) is 6.10 Å². The summed E-state index contributed by atoms with van der Waals surface area (Å²) in [6.45, 7) is 1.49. The van der Waals surface area contributed by atoms with Crippen LogP contribution in [0.3, 0.4) is 0 Å². The molecule has 2 unspecified atom stereocenters. The maximum atomic E-state index is 13.7. The molecule has 2 atom stereocenters. The Morgan fingerprint density at radius 2 is 2.30 bits per heavy atom. The lowest BCUT2D eigenvalue weighted by molar-refractivity contribution is 0.0923. The highest BCUT2D eigenvalue weighted by atomic mass is 35.5. The molecule has 7 heteroatoms. The molecule has 0 aromatic heterocycles. The molecule has 20 heavy (non-hydrogen) atoms. The number of rotatable bonds is 4. The van der Waals surface area contributed by atoms with E-state index in [1.54, 1.807) is 0 Å². The smallest absolute Gasteiger partial charge is 0.254 e. The number of hydrogen-bond acceptors (Lipinski definition) is 4. The van der Waals surface area contributed by atoms with Crippen LogP contribution in [0.2, 0.25) is 0 Å². The Bertz CT molecular complexity index is 473. The van der Waals surface area contributed by atoms with Crippen molar-refractivity contribution in [1.82, 2.24) is 10.6 Å². The van der Waals surface area contributed by atoms with Crippen LogP contribution in [0.1, 0.15) is 10.4 Å². The lowest BCUT2D eigenvalue weighted by atomic mass is 10.1. The molecule has 1 fully saturated rings. The molecule has 0 saturated carbocycles. The summed E-state index contributed by atoms with van der Waals surface area (Å²) in [4.78, 5) is 11.8. The molecule has 0 spiro atoms. The standard InChI is InChI=1S/C13H17FN2O3.ClH/c1-19-9-2-3-10(11(14)4-9)13(18)16-6-8-5-15-7-12(8)17;/h2-4,8,12,15,17H,5-7H2,1H3,(H,16,18);1H. The quantitative estimate of drug-likeness (QED) is 0.760. The van der Waals surface area contributed by atoms with Crippen molar-refractivity contribution >= 4 is 18.3 Å². The van der Waals surface area contributed by atoms with E-state index in [0.717, 1.165) is 0 Å². The molecule has 1 aromatic rings. The molecule has 0 aliphatic carbocycles. The number of nitrogens with one attached hydrogen (secondary N) is 2. The first-order chi connectivity index (χ1) is 9.11.